The predicted molar refractivity (Wildman–Crippen MR) is 96.5 cm³/mol. The zero-order valence-electron chi connectivity index (χ0n) is 14.6. The average Bonchev–Trinajstić information content (AvgIpc) is 2.90. The maximum atomic E-state index is 11.6. The minimum Gasteiger partial charge on any atom is -0.393 e. The molecule has 3 N–H and O–H groups in total. The maximum absolute atomic E-state index is 11.6. The highest BCUT2D eigenvalue weighted by Crippen LogP contribution is 2.22. The fourth-order valence-corrected chi connectivity index (χ4v) is 3.83. The zero-order valence-corrected chi connectivity index (χ0v) is 15.4. The molecule has 0 amide bonds. The third-order valence-electron chi connectivity index (χ3n) is 4.78. The van der Waals surface area contributed by atoms with Crippen molar-refractivity contribution in [3.8, 4) is 0 Å². The molecule has 1 aliphatic heterocycles. The Labute approximate surface area is 148 Å². The molecule has 7 nitrogen and oxygen atoms in total. The molecule has 0 radical (unpaired) electrons. The van der Waals surface area contributed by atoms with E-state index in [0.29, 0.717) is 12.1 Å². The number of aliphatic hydroxyl groups is 1. The second-order valence-electron chi connectivity index (χ2n) is 6.74. The fourth-order valence-electron chi connectivity index (χ4n) is 3.30. The molecule has 0 bridgehead atoms. The monoisotopic (exact) mass is 366 g/mol. The number of imidazole rings is 1. The van der Waals surface area contributed by atoms with E-state index in [-0.39, 0.29) is 11.0 Å². The summed E-state index contributed by atoms with van der Waals surface area (Å²) in [5.41, 5.74) is 1.60. The van der Waals surface area contributed by atoms with E-state index in [1.54, 1.807) is 18.2 Å². The van der Waals surface area contributed by atoms with Gasteiger partial charge in [0, 0.05) is 19.6 Å². The molecule has 0 saturated carbocycles. The van der Waals surface area contributed by atoms with E-state index in [1.165, 1.54) is 0 Å². The fraction of sp³-hybridized carbons (Fsp3) is 0.588. The van der Waals surface area contributed by atoms with Gasteiger partial charge in [0.25, 0.3) is 0 Å². The number of likely N-dealkylation sites (tertiary alicyclic amines) is 1. The van der Waals surface area contributed by atoms with Crippen molar-refractivity contribution in [3.05, 3.63) is 24.0 Å². The van der Waals surface area contributed by atoms with Crippen molar-refractivity contribution in [1.82, 2.24) is 14.5 Å². The number of nitrogens with zero attached hydrogens (tertiary/aromatic N) is 3. The topological polar surface area (TPSA) is 101 Å². The number of hydrogen-bond acceptors (Lipinski definition) is 5. The number of primary sulfonamides is 1. The van der Waals surface area contributed by atoms with Crippen molar-refractivity contribution in [2.75, 3.05) is 13.1 Å². The van der Waals surface area contributed by atoms with Crippen LogP contribution in [0.5, 0.6) is 0 Å². The van der Waals surface area contributed by atoms with Gasteiger partial charge in [0.15, 0.2) is 0 Å². The number of nitrogens with two attached hydrogens (primary N) is 1. The highest BCUT2D eigenvalue weighted by atomic mass is 32.2. The molecule has 0 atom stereocenters. The van der Waals surface area contributed by atoms with E-state index in [1.807, 2.05) is 0 Å². The average molecular weight is 366 g/mol. The number of aryl methyl sites for hydroxylation is 1. The van der Waals surface area contributed by atoms with Gasteiger partial charge in [-0.05, 0) is 37.5 Å². The first-order valence-corrected chi connectivity index (χ1v) is 10.4. The van der Waals surface area contributed by atoms with Crippen LogP contribution in [0.3, 0.4) is 0 Å². The molecule has 138 valence electrons. The first-order chi connectivity index (χ1) is 11.9. The van der Waals surface area contributed by atoms with Gasteiger partial charge >= 0.3 is 0 Å². The van der Waals surface area contributed by atoms with E-state index >= 15 is 0 Å². The summed E-state index contributed by atoms with van der Waals surface area (Å²) >= 11 is 0. The third-order valence-corrected chi connectivity index (χ3v) is 5.70. The van der Waals surface area contributed by atoms with Gasteiger partial charge in [0.1, 0.15) is 5.82 Å². The Kier molecular flexibility index (Phi) is 5.43. The van der Waals surface area contributed by atoms with Gasteiger partial charge in [0.2, 0.25) is 10.0 Å². The molecule has 1 aliphatic rings. The van der Waals surface area contributed by atoms with Gasteiger partial charge in [-0.3, -0.25) is 4.90 Å². The van der Waals surface area contributed by atoms with Crippen LogP contribution in [-0.2, 0) is 23.1 Å². The van der Waals surface area contributed by atoms with Crippen molar-refractivity contribution in [3.63, 3.8) is 0 Å². The summed E-state index contributed by atoms with van der Waals surface area (Å²) in [5, 5.41) is 14.9. The largest absolute Gasteiger partial charge is 0.393 e. The lowest BCUT2D eigenvalue weighted by Crippen LogP contribution is -2.36. The van der Waals surface area contributed by atoms with Crippen LogP contribution in [0.2, 0.25) is 0 Å². The summed E-state index contributed by atoms with van der Waals surface area (Å²) in [4.78, 5) is 7.07. The summed E-state index contributed by atoms with van der Waals surface area (Å²) < 4.78 is 25.4. The van der Waals surface area contributed by atoms with Crippen LogP contribution in [0.15, 0.2) is 23.1 Å². The molecule has 25 heavy (non-hydrogen) atoms. The SMILES string of the molecule is CCCCn1c(CN2CCC(O)CC2)nc2cc(S(N)(=O)=O)ccc21. The van der Waals surface area contributed by atoms with Gasteiger partial charge in [-0.25, -0.2) is 18.5 Å². The Morgan fingerprint density at radius 1 is 1.32 bits per heavy atom. The van der Waals surface area contributed by atoms with Crippen LogP contribution in [0, 0.1) is 0 Å². The molecule has 3 rings (SSSR count). The van der Waals surface area contributed by atoms with E-state index < -0.39 is 10.0 Å². The number of aromatic nitrogens is 2. The molecule has 2 heterocycles. The molecule has 8 heteroatoms. The van der Waals surface area contributed by atoms with Crippen LogP contribution < -0.4 is 5.14 Å². The number of hydrogen-bond donors (Lipinski definition) is 2. The van der Waals surface area contributed by atoms with Gasteiger partial charge in [-0.1, -0.05) is 13.3 Å². The van der Waals surface area contributed by atoms with E-state index in [2.05, 4.69) is 16.4 Å². The summed E-state index contributed by atoms with van der Waals surface area (Å²) in [6.07, 6.45) is 3.47. The van der Waals surface area contributed by atoms with Crippen molar-refractivity contribution in [2.24, 2.45) is 5.14 Å². The van der Waals surface area contributed by atoms with Crippen molar-refractivity contribution in [1.29, 1.82) is 0 Å². The molecule has 1 aromatic carbocycles. The highest BCUT2D eigenvalue weighted by Gasteiger charge is 2.20. The molecule has 0 unspecified atom stereocenters. The summed E-state index contributed by atoms with van der Waals surface area (Å²) in [6.45, 7) is 5.40. The highest BCUT2D eigenvalue weighted by molar-refractivity contribution is 7.89. The summed E-state index contributed by atoms with van der Waals surface area (Å²) in [6, 6.07) is 4.89. The quantitative estimate of drug-likeness (QED) is 0.805. The van der Waals surface area contributed by atoms with E-state index in [9.17, 15) is 13.5 Å². The third kappa shape index (κ3) is 4.20. The molecule has 1 saturated heterocycles. The smallest absolute Gasteiger partial charge is 0.238 e. The molecule has 1 fully saturated rings. The minimum absolute atomic E-state index is 0.0905. The first kappa shape index (κ1) is 18.3. The van der Waals surface area contributed by atoms with Crippen LogP contribution in [-0.4, -0.2) is 47.2 Å². The second kappa shape index (κ2) is 7.41. The maximum Gasteiger partial charge on any atom is 0.238 e. The Hall–Kier alpha value is -1.48. The Balaban J connectivity index is 1.94. The lowest BCUT2D eigenvalue weighted by molar-refractivity contribution is 0.0775. The first-order valence-electron chi connectivity index (χ1n) is 8.81. The van der Waals surface area contributed by atoms with Gasteiger partial charge in [-0.2, -0.15) is 0 Å². The molecule has 0 aliphatic carbocycles. The number of sulfonamides is 1. The second-order valence-corrected chi connectivity index (χ2v) is 8.30. The van der Waals surface area contributed by atoms with Gasteiger partial charge in [0.05, 0.1) is 28.6 Å². The molecular weight excluding hydrogens is 340 g/mol. The van der Waals surface area contributed by atoms with Crippen molar-refractivity contribution in [2.45, 2.75) is 56.7 Å². The normalized spacial score (nSPS) is 17.4. The summed E-state index contributed by atoms with van der Waals surface area (Å²) in [5.74, 6) is 0.936. The lowest BCUT2D eigenvalue weighted by atomic mass is 10.1. The van der Waals surface area contributed by atoms with Crippen LogP contribution in [0.25, 0.3) is 11.0 Å². The number of unbranched alkanes of at least 4 members (excludes halogenated alkanes) is 1. The zero-order chi connectivity index (χ0) is 18.0. The summed E-state index contributed by atoms with van der Waals surface area (Å²) in [7, 11) is -3.74. The van der Waals surface area contributed by atoms with Gasteiger partial charge < -0.3 is 9.67 Å². The van der Waals surface area contributed by atoms with Gasteiger partial charge in [-0.15, -0.1) is 0 Å². The number of benzene rings is 1. The van der Waals surface area contributed by atoms with Crippen LogP contribution in [0.1, 0.15) is 38.4 Å². The van der Waals surface area contributed by atoms with Crippen molar-refractivity contribution < 1.29 is 13.5 Å². The predicted octanol–water partition coefficient (Wildman–Crippen LogP) is 1.44. The van der Waals surface area contributed by atoms with E-state index in [0.717, 1.165) is 56.7 Å². The van der Waals surface area contributed by atoms with Crippen LogP contribution in [0.4, 0.5) is 0 Å². The number of fused-ring (bicyclic) bond motifs is 1. The minimum atomic E-state index is -3.74. The molecule has 1 aromatic heterocycles. The Morgan fingerprint density at radius 2 is 2.04 bits per heavy atom. The standard InChI is InChI=1S/C17H26N4O3S/c1-2-3-8-21-16-5-4-14(25(18,23)24)11-15(16)19-17(21)12-20-9-6-13(22)7-10-20/h4-5,11,13,22H,2-3,6-10,12H2,1H3,(H2,18,23,24). The number of piperidine rings is 1. The van der Waals surface area contributed by atoms with E-state index in [4.69, 9.17) is 10.1 Å². The Bertz CT molecular complexity index is 839. The molecule has 0 spiro atoms. The van der Waals surface area contributed by atoms with Crippen LogP contribution >= 0.6 is 0 Å². The van der Waals surface area contributed by atoms with Crippen molar-refractivity contribution >= 4 is 21.1 Å². The number of rotatable bonds is 6. The Morgan fingerprint density at radius 3 is 2.68 bits per heavy atom. The molecular formula is C17H26N4O3S. The molecule has 2 aromatic rings. The lowest BCUT2D eigenvalue weighted by Gasteiger charge is -2.29. The number of aliphatic hydroxyl groups excluding tert-OH is 1.